The van der Waals surface area contributed by atoms with Gasteiger partial charge in [0, 0.05) is 16.5 Å². The number of nitrogens with zero attached hydrogens (tertiary/aromatic N) is 1. The number of para-hydroxylation sites is 2. The van der Waals surface area contributed by atoms with Crippen LogP contribution in [-0.4, -0.2) is 0 Å². The van der Waals surface area contributed by atoms with Crippen molar-refractivity contribution in [1.82, 2.24) is 0 Å². The summed E-state index contributed by atoms with van der Waals surface area (Å²) in [5.74, 6) is 0. The van der Waals surface area contributed by atoms with E-state index in [4.69, 9.17) is 9.68 Å². The molecule has 0 fully saturated rings. The molecular weight excluding hydrogens is 272 g/mol. The van der Waals surface area contributed by atoms with Gasteiger partial charge in [-0.1, -0.05) is 30.3 Å². The molecule has 3 nitrogen and oxygen atoms in total. The molecule has 4 aromatic rings. The Morgan fingerprint density at radius 3 is 2.41 bits per heavy atom. The van der Waals surface area contributed by atoms with E-state index in [9.17, 15) is 0 Å². The van der Waals surface area contributed by atoms with Crippen LogP contribution in [0.1, 0.15) is 5.56 Å². The maximum atomic E-state index is 8.85. The van der Waals surface area contributed by atoms with Gasteiger partial charge in [0.05, 0.1) is 17.3 Å². The van der Waals surface area contributed by atoms with Crippen molar-refractivity contribution in [2.24, 2.45) is 0 Å². The van der Waals surface area contributed by atoms with E-state index in [1.165, 1.54) is 0 Å². The summed E-state index contributed by atoms with van der Waals surface area (Å²) in [6.07, 6.45) is 0. The van der Waals surface area contributed by atoms with Gasteiger partial charge in [0.25, 0.3) is 0 Å². The molecule has 0 bridgehead atoms. The molecule has 0 aliphatic rings. The highest BCUT2D eigenvalue weighted by Crippen LogP contribution is 2.34. The number of furan rings is 1. The average Bonchev–Trinajstić information content (AvgIpc) is 2.95. The molecule has 1 heterocycles. The minimum atomic E-state index is 0.646. The van der Waals surface area contributed by atoms with Crippen molar-refractivity contribution in [2.75, 3.05) is 5.32 Å². The molecule has 0 radical (unpaired) electrons. The SMILES string of the molecule is N#Cc1ccc(Nc2cccc3c2oc2ccccc23)cc1. The van der Waals surface area contributed by atoms with Crippen LogP contribution in [0.2, 0.25) is 0 Å². The molecule has 3 heteroatoms. The number of rotatable bonds is 2. The Balaban J connectivity index is 1.82. The van der Waals surface area contributed by atoms with Crippen LogP contribution in [0.15, 0.2) is 71.1 Å². The number of nitriles is 1. The van der Waals surface area contributed by atoms with E-state index >= 15 is 0 Å². The van der Waals surface area contributed by atoms with Crippen LogP contribution in [0.4, 0.5) is 11.4 Å². The second kappa shape index (κ2) is 4.94. The molecule has 22 heavy (non-hydrogen) atoms. The van der Waals surface area contributed by atoms with E-state index < -0.39 is 0 Å². The smallest absolute Gasteiger partial charge is 0.158 e. The number of hydrogen-bond donors (Lipinski definition) is 1. The van der Waals surface area contributed by atoms with Crippen molar-refractivity contribution in [2.45, 2.75) is 0 Å². The van der Waals surface area contributed by atoms with E-state index in [-0.39, 0.29) is 0 Å². The fraction of sp³-hybridized carbons (Fsp3) is 0. The normalized spacial score (nSPS) is 10.7. The topological polar surface area (TPSA) is 49.0 Å². The largest absolute Gasteiger partial charge is 0.454 e. The fourth-order valence-corrected chi connectivity index (χ4v) is 2.63. The highest BCUT2D eigenvalue weighted by atomic mass is 16.3. The van der Waals surface area contributed by atoms with Gasteiger partial charge in [0.15, 0.2) is 5.58 Å². The lowest BCUT2D eigenvalue weighted by Gasteiger charge is -2.06. The molecule has 0 aliphatic heterocycles. The first-order valence-electron chi connectivity index (χ1n) is 7.02. The molecule has 0 spiro atoms. The molecular formula is C19H12N2O. The summed E-state index contributed by atoms with van der Waals surface area (Å²) in [6, 6.07) is 23.6. The fourth-order valence-electron chi connectivity index (χ4n) is 2.63. The number of nitrogens with one attached hydrogen (secondary N) is 1. The third-order valence-electron chi connectivity index (χ3n) is 3.70. The molecule has 4 rings (SSSR count). The zero-order valence-electron chi connectivity index (χ0n) is 11.7. The Kier molecular flexibility index (Phi) is 2.80. The highest BCUT2D eigenvalue weighted by molar-refractivity contribution is 6.09. The lowest BCUT2D eigenvalue weighted by Crippen LogP contribution is -1.90. The number of hydrogen-bond acceptors (Lipinski definition) is 3. The van der Waals surface area contributed by atoms with Gasteiger partial charge in [-0.3, -0.25) is 0 Å². The molecule has 0 saturated heterocycles. The van der Waals surface area contributed by atoms with Crippen molar-refractivity contribution < 1.29 is 4.42 Å². The Morgan fingerprint density at radius 2 is 1.59 bits per heavy atom. The van der Waals surface area contributed by atoms with Gasteiger partial charge in [-0.05, 0) is 36.4 Å². The van der Waals surface area contributed by atoms with Crippen LogP contribution in [0.3, 0.4) is 0 Å². The summed E-state index contributed by atoms with van der Waals surface area (Å²) in [5, 5.41) is 14.4. The van der Waals surface area contributed by atoms with Crippen LogP contribution < -0.4 is 5.32 Å². The molecule has 0 atom stereocenters. The van der Waals surface area contributed by atoms with E-state index in [2.05, 4.69) is 23.5 Å². The van der Waals surface area contributed by atoms with Crippen molar-refractivity contribution in [1.29, 1.82) is 5.26 Å². The lowest BCUT2D eigenvalue weighted by molar-refractivity contribution is 0.670. The lowest BCUT2D eigenvalue weighted by atomic mass is 10.1. The highest BCUT2D eigenvalue weighted by Gasteiger charge is 2.10. The van der Waals surface area contributed by atoms with Crippen LogP contribution in [-0.2, 0) is 0 Å². The first-order valence-corrected chi connectivity index (χ1v) is 7.02. The van der Waals surface area contributed by atoms with Crippen molar-refractivity contribution in [3.63, 3.8) is 0 Å². The maximum absolute atomic E-state index is 8.85. The van der Waals surface area contributed by atoms with Gasteiger partial charge in [0.2, 0.25) is 0 Å². The van der Waals surface area contributed by atoms with E-state index in [0.29, 0.717) is 5.56 Å². The number of anilines is 2. The molecule has 0 unspecified atom stereocenters. The third-order valence-corrected chi connectivity index (χ3v) is 3.70. The summed E-state index contributed by atoms with van der Waals surface area (Å²) in [5.41, 5.74) is 4.21. The zero-order valence-corrected chi connectivity index (χ0v) is 11.7. The zero-order chi connectivity index (χ0) is 14.9. The molecule has 1 N–H and O–H groups in total. The quantitative estimate of drug-likeness (QED) is 0.550. The third kappa shape index (κ3) is 1.99. The summed E-state index contributed by atoms with van der Waals surface area (Å²) in [7, 11) is 0. The Morgan fingerprint density at radius 1 is 0.818 bits per heavy atom. The van der Waals surface area contributed by atoms with Crippen molar-refractivity contribution >= 4 is 33.3 Å². The second-order valence-electron chi connectivity index (χ2n) is 5.09. The van der Waals surface area contributed by atoms with Gasteiger partial charge in [-0.15, -0.1) is 0 Å². The molecule has 0 saturated carbocycles. The van der Waals surface area contributed by atoms with Gasteiger partial charge in [-0.25, -0.2) is 0 Å². The minimum Gasteiger partial charge on any atom is -0.454 e. The van der Waals surface area contributed by atoms with Gasteiger partial charge < -0.3 is 9.73 Å². The predicted octanol–water partition coefficient (Wildman–Crippen LogP) is 5.20. The van der Waals surface area contributed by atoms with Crippen LogP contribution >= 0.6 is 0 Å². The first kappa shape index (κ1) is 12.5. The van der Waals surface area contributed by atoms with Gasteiger partial charge >= 0.3 is 0 Å². The molecule has 0 aliphatic carbocycles. The minimum absolute atomic E-state index is 0.646. The Bertz CT molecular complexity index is 1010. The van der Waals surface area contributed by atoms with Crippen LogP contribution in [0, 0.1) is 11.3 Å². The van der Waals surface area contributed by atoms with Crippen molar-refractivity contribution in [3.8, 4) is 6.07 Å². The van der Waals surface area contributed by atoms with Crippen LogP contribution in [0.5, 0.6) is 0 Å². The Labute approximate surface area is 127 Å². The van der Waals surface area contributed by atoms with E-state index in [1.807, 2.05) is 42.5 Å². The average molecular weight is 284 g/mol. The summed E-state index contributed by atoms with van der Waals surface area (Å²) >= 11 is 0. The summed E-state index contributed by atoms with van der Waals surface area (Å²) in [4.78, 5) is 0. The first-order chi connectivity index (χ1) is 10.8. The monoisotopic (exact) mass is 284 g/mol. The van der Waals surface area contributed by atoms with E-state index in [1.54, 1.807) is 12.1 Å². The molecule has 0 amide bonds. The Hall–Kier alpha value is -3.25. The predicted molar refractivity (Wildman–Crippen MR) is 88.2 cm³/mol. The van der Waals surface area contributed by atoms with Crippen molar-refractivity contribution in [3.05, 3.63) is 72.3 Å². The number of benzene rings is 3. The van der Waals surface area contributed by atoms with E-state index in [0.717, 1.165) is 33.3 Å². The summed E-state index contributed by atoms with van der Waals surface area (Å²) < 4.78 is 5.99. The second-order valence-corrected chi connectivity index (χ2v) is 5.09. The van der Waals surface area contributed by atoms with Gasteiger partial charge in [-0.2, -0.15) is 5.26 Å². The van der Waals surface area contributed by atoms with Gasteiger partial charge in [0.1, 0.15) is 5.58 Å². The molecule has 3 aromatic carbocycles. The van der Waals surface area contributed by atoms with Crippen LogP contribution in [0.25, 0.3) is 21.9 Å². The molecule has 1 aromatic heterocycles. The standard InChI is InChI=1S/C19H12N2O/c20-12-13-8-10-14(11-9-13)21-17-6-3-5-16-15-4-1-2-7-18(15)22-19(16)17/h1-11,21H. The molecule has 104 valence electrons. The summed E-state index contributed by atoms with van der Waals surface area (Å²) in [6.45, 7) is 0. The number of fused-ring (bicyclic) bond motifs is 3. The maximum Gasteiger partial charge on any atom is 0.158 e.